The lowest BCUT2D eigenvalue weighted by atomic mass is 9.63. The molecule has 1 atom stereocenters. The minimum atomic E-state index is -0.607. The predicted molar refractivity (Wildman–Crippen MR) is 243 cm³/mol. The van der Waals surface area contributed by atoms with Gasteiger partial charge >= 0.3 is 0 Å². The third-order valence-electron chi connectivity index (χ3n) is 12.3. The summed E-state index contributed by atoms with van der Waals surface area (Å²) < 4.78 is 2.61. The average molecular weight is 742 g/mol. The molecule has 4 aliphatic carbocycles. The second-order valence-corrected chi connectivity index (χ2v) is 16.3. The first-order valence-electron chi connectivity index (χ1n) is 19.7. The van der Waals surface area contributed by atoms with Crippen LogP contribution in [0.1, 0.15) is 22.3 Å². The van der Waals surface area contributed by atoms with Crippen LogP contribution in [0, 0.1) is 5.41 Å². The molecule has 1 unspecified atom stereocenters. The quantitative estimate of drug-likeness (QED) is 0.170. The number of allylic oxidation sites excluding steroid dienone is 7. The first kappa shape index (κ1) is 32.3. The molecule has 1 spiro atoms. The number of para-hydroxylation sites is 2. The first-order chi connectivity index (χ1) is 28.3. The van der Waals surface area contributed by atoms with E-state index in [1.54, 1.807) is 0 Å². The van der Waals surface area contributed by atoms with E-state index in [9.17, 15) is 0 Å². The molecule has 12 rings (SSSR count). The van der Waals surface area contributed by atoms with E-state index in [1.807, 2.05) is 11.3 Å². The van der Waals surface area contributed by atoms with Crippen molar-refractivity contribution in [3.8, 4) is 22.3 Å². The first-order valence-corrected chi connectivity index (χ1v) is 20.5. The highest BCUT2D eigenvalue weighted by atomic mass is 32.1. The Bertz CT molecular complexity index is 3160. The second-order valence-electron chi connectivity index (χ2n) is 15.2. The van der Waals surface area contributed by atoms with Gasteiger partial charge in [-0.2, -0.15) is 0 Å². The Hall–Kier alpha value is -7.00. The van der Waals surface area contributed by atoms with Gasteiger partial charge in [0, 0.05) is 37.0 Å². The van der Waals surface area contributed by atoms with Gasteiger partial charge in [0.25, 0.3) is 0 Å². The van der Waals surface area contributed by atoms with E-state index in [4.69, 9.17) is 0 Å². The van der Waals surface area contributed by atoms with Crippen LogP contribution < -0.4 is 4.90 Å². The maximum Gasteiger partial charge on any atom is 0.0803 e. The Morgan fingerprint density at radius 2 is 0.982 bits per heavy atom. The summed E-state index contributed by atoms with van der Waals surface area (Å²) in [6, 6.07) is 62.3. The van der Waals surface area contributed by atoms with Crippen LogP contribution >= 0.6 is 11.3 Å². The van der Waals surface area contributed by atoms with Gasteiger partial charge < -0.3 is 4.90 Å². The molecule has 1 heterocycles. The number of hydrogen-bond donors (Lipinski definition) is 0. The van der Waals surface area contributed by atoms with Crippen LogP contribution in [0.4, 0.5) is 11.4 Å². The largest absolute Gasteiger partial charge is 0.311 e. The number of hydrogen-bond acceptors (Lipinski definition) is 2. The molecule has 0 saturated heterocycles. The van der Waals surface area contributed by atoms with Crippen molar-refractivity contribution in [1.29, 1.82) is 0 Å². The number of nitrogens with zero attached hydrogens (tertiary/aromatic N) is 1. The van der Waals surface area contributed by atoms with Crippen molar-refractivity contribution in [1.82, 2.24) is 0 Å². The molecule has 2 heteroatoms. The number of fused-ring (bicyclic) bond motifs is 11. The summed E-state index contributed by atoms with van der Waals surface area (Å²) in [5.74, 6) is 0. The molecule has 266 valence electrons. The monoisotopic (exact) mass is 741 g/mol. The average Bonchev–Trinajstić information content (AvgIpc) is 3.98. The number of rotatable bonds is 5. The van der Waals surface area contributed by atoms with Crippen molar-refractivity contribution in [3.05, 3.63) is 239 Å². The van der Waals surface area contributed by atoms with Gasteiger partial charge in [0.05, 0.1) is 16.8 Å². The van der Waals surface area contributed by atoms with Crippen molar-refractivity contribution >= 4 is 66.2 Å². The SMILES string of the molecule is C1=CC2(C3=Cc4ccccc4C3=C1)C1=Cc3ccccc3C1=CC=C2N(c1ccccc1-c1ccccc1)c1ccccc1-c1cccc2sc3ccccc3c12. The van der Waals surface area contributed by atoms with Crippen molar-refractivity contribution in [2.75, 3.05) is 4.90 Å². The molecular formula is C55H35NS. The second kappa shape index (κ2) is 12.5. The molecule has 0 radical (unpaired) electrons. The number of thiophene rings is 1. The fourth-order valence-corrected chi connectivity index (χ4v) is 11.0. The molecule has 0 bridgehead atoms. The van der Waals surface area contributed by atoms with E-state index >= 15 is 0 Å². The molecule has 1 nitrogen and oxygen atoms in total. The normalized spacial score (nSPS) is 17.3. The van der Waals surface area contributed by atoms with Gasteiger partial charge in [0.1, 0.15) is 0 Å². The summed E-state index contributed by atoms with van der Waals surface area (Å²) in [5.41, 5.74) is 18.0. The van der Waals surface area contributed by atoms with Crippen molar-refractivity contribution in [2.45, 2.75) is 0 Å². The van der Waals surface area contributed by atoms with Crippen LogP contribution in [0.2, 0.25) is 0 Å². The van der Waals surface area contributed by atoms with Gasteiger partial charge in [-0.05, 0) is 98.2 Å². The summed E-state index contributed by atoms with van der Waals surface area (Å²) in [7, 11) is 0. The Kier molecular flexibility index (Phi) is 7.08. The van der Waals surface area contributed by atoms with Crippen molar-refractivity contribution < 1.29 is 0 Å². The van der Waals surface area contributed by atoms with E-state index in [0.29, 0.717) is 0 Å². The smallest absolute Gasteiger partial charge is 0.0803 e. The Labute approximate surface area is 336 Å². The molecule has 0 amide bonds. The highest BCUT2D eigenvalue weighted by molar-refractivity contribution is 7.25. The van der Waals surface area contributed by atoms with Gasteiger partial charge in [-0.3, -0.25) is 0 Å². The molecular weight excluding hydrogens is 707 g/mol. The summed E-state index contributed by atoms with van der Waals surface area (Å²) >= 11 is 1.87. The van der Waals surface area contributed by atoms with Crippen LogP contribution in [0.3, 0.4) is 0 Å². The fraction of sp³-hybridized carbons (Fsp3) is 0.0182. The van der Waals surface area contributed by atoms with E-state index in [0.717, 1.165) is 11.4 Å². The maximum absolute atomic E-state index is 2.60. The molecule has 0 N–H and O–H groups in total. The summed E-state index contributed by atoms with van der Waals surface area (Å²) in [5, 5.41) is 2.61. The van der Waals surface area contributed by atoms with Crippen LogP contribution in [0.15, 0.2) is 217 Å². The summed E-state index contributed by atoms with van der Waals surface area (Å²) in [6.07, 6.45) is 16.8. The maximum atomic E-state index is 2.60. The molecule has 7 aromatic carbocycles. The number of anilines is 2. The van der Waals surface area contributed by atoms with E-state index in [2.05, 4.69) is 217 Å². The lowest BCUT2D eigenvalue weighted by molar-refractivity contribution is 0.677. The van der Waals surface area contributed by atoms with Crippen LogP contribution in [-0.4, -0.2) is 0 Å². The topological polar surface area (TPSA) is 3.24 Å². The van der Waals surface area contributed by atoms with Crippen LogP contribution in [0.25, 0.3) is 65.7 Å². The Balaban J connectivity index is 1.19. The molecule has 0 fully saturated rings. The molecule has 8 aromatic rings. The van der Waals surface area contributed by atoms with E-state index in [-0.39, 0.29) is 0 Å². The number of benzene rings is 7. The Morgan fingerprint density at radius 3 is 1.74 bits per heavy atom. The standard InChI is InChI=1S/C55H35NS/c1-2-16-36(17-3-1)41-22-8-11-27-49(41)56(50-28-12-9-23-44(50)45-25-14-30-52-54(45)46-24-10-13-29-51(46)57-52)53-32-31-43-40-21-7-5-19-38(40)35-48(43)55(53)33-15-26-42-39-20-6-4-18-37(39)34-47(42)55/h1-35H. The van der Waals surface area contributed by atoms with Gasteiger partial charge in [0.2, 0.25) is 0 Å². The third-order valence-corrected chi connectivity index (χ3v) is 13.4. The van der Waals surface area contributed by atoms with Gasteiger partial charge in [-0.1, -0.05) is 170 Å². The van der Waals surface area contributed by atoms with Gasteiger partial charge in [-0.25, -0.2) is 0 Å². The van der Waals surface area contributed by atoms with Crippen LogP contribution in [0.5, 0.6) is 0 Å². The fourth-order valence-electron chi connectivity index (χ4n) is 9.84. The molecule has 4 aliphatic rings. The third kappa shape index (κ3) is 4.68. The minimum Gasteiger partial charge on any atom is -0.311 e. The zero-order valence-electron chi connectivity index (χ0n) is 31.1. The minimum absolute atomic E-state index is 0.607. The van der Waals surface area contributed by atoms with Crippen LogP contribution in [-0.2, 0) is 0 Å². The van der Waals surface area contributed by atoms with Gasteiger partial charge in [0.15, 0.2) is 0 Å². The molecule has 0 aliphatic heterocycles. The lowest BCUT2D eigenvalue weighted by Gasteiger charge is -2.46. The summed E-state index contributed by atoms with van der Waals surface area (Å²) in [6.45, 7) is 0. The van der Waals surface area contributed by atoms with Crippen molar-refractivity contribution in [3.63, 3.8) is 0 Å². The molecule has 1 aromatic heterocycles. The molecule has 0 saturated carbocycles. The van der Waals surface area contributed by atoms with E-state index < -0.39 is 5.41 Å². The Morgan fingerprint density at radius 1 is 0.421 bits per heavy atom. The zero-order valence-corrected chi connectivity index (χ0v) is 31.9. The zero-order chi connectivity index (χ0) is 37.5. The van der Waals surface area contributed by atoms with Crippen molar-refractivity contribution in [2.24, 2.45) is 5.41 Å². The predicted octanol–water partition coefficient (Wildman–Crippen LogP) is 14.9. The lowest BCUT2D eigenvalue weighted by Crippen LogP contribution is -2.37. The summed E-state index contributed by atoms with van der Waals surface area (Å²) in [4.78, 5) is 2.60. The van der Waals surface area contributed by atoms with E-state index in [1.165, 1.54) is 92.7 Å². The highest BCUT2D eigenvalue weighted by Gasteiger charge is 2.50. The highest BCUT2D eigenvalue weighted by Crippen LogP contribution is 2.64. The van der Waals surface area contributed by atoms with Gasteiger partial charge in [-0.15, -0.1) is 11.3 Å². The molecule has 57 heavy (non-hydrogen) atoms.